The Kier molecular flexibility index (Phi) is 2.09. The van der Waals surface area contributed by atoms with Crippen LogP contribution in [0.3, 0.4) is 0 Å². The highest BCUT2D eigenvalue weighted by molar-refractivity contribution is 5.85. The molecule has 0 radical (unpaired) electrons. The molecule has 1 rings (SSSR count). The molecule has 0 saturated carbocycles. The molecule has 1 heterocycles. The van der Waals surface area contributed by atoms with Crippen molar-refractivity contribution in [2.75, 3.05) is 13.7 Å². The average molecular weight is 159 g/mol. The van der Waals surface area contributed by atoms with Crippen molar-refractivity contribution in [1.29, 1.82) is 0 Å². The standard InChI is InChI=1S/C6H9NO4/c1-7(10)6(9)4-2-5(8)11-3-4/h4,10H,2-3H2,1H3. The van der Waals surface area contributed by atoms with Crippen molar-refractivity contribution >= 4 is 11.9 Å². The molecule has 0 spiro atoms. The Hall–Kier alpha value is -1.10. The predicted molar refractivity (Wildman–Crippen MR) is 33.6 cm³/mol. The van der Waals surface area contributed by atoms with Crippen LogP contribution in [0.1, 0.15) is 6.42 Å². The Bertz CT molecular complexity index is 189. The Morgan fingerprint density at radius 1 is 1.82 bits per heavy atom. The highest BCUT2D eigenvalue weighted by Gasteiger charge is 2.31. The number of ether oxygens (including phenoxy) is 1. The van der Waals surface area contributed by atoms with Gasteiger partial charge in [-0.3, -0.25) is 14.8 Å². The van der Waals surface area contributed by atoms with E-state index in [1.165, 1.54) is 7.05 Å². The maximum atomic E-state index is 10.9. The molecule has 5 nitrogen and oxygen atoms in total. The van der Waals surface area contributed by atoms with E-state index in [9.17, 15) is 9.59 Å². The van der Waals surface area contributed by atoms with E-state index in [0.717, 1.165) is 0 Å². The Balaban J connectivity index is 2.50. The molecule has 11 heavy (non-hydrogen) atoms. The van der Waals surface area contributed by atoms with E-state index in [1.54, 1.807) is 0 Å². The molecule has 0 aromatic carbocycles. The van der Waals surface area contributed by atoms with E-state index in [2.05, 4.69) is 4.74 Å². The summed E-state index contributed by atoms with van der Waals surface area (Å²) in [6.45, 7) is 0.0859. The van der Waals surface area contributed by atoms with Gasteiger partial charge in [0.15, 0.2) is 0 Å². The van der Waals surface area contributed by atoms with Gasteiger partial charge in [-0.1, -0.05) is 0 Å². The maximum absolute atomic E-state index is 10.9. The van der Waals surface area contributed by atoms with E-state index in [0.29, 0.717) is 5.06 Å². The minimum absolute atomic E-state index is 0.0731. The van der Waals surface area contributed by atoms with Crippen molar-refractivity contribution in [3.8, 4) is 0 Å². The van der Waals surface area contributed by atoms with Crippen LogP contribution in [-0.2, 0) is 14.3 Å². The monoisotopic (exact) mass is 159 g/mol. The zero-order valence-corrected chi connectivity index (χ0v) is 6.11. The number of esters is 1. The zero-order valence-electron chi connectivity index (χ0n) is 6.11. The average Bonchev–Trinajstić information content (AvgIpc) is 2.34. The third-order valence-corrected chi connectivity index (χ3v) is 1.53. The summed E-state index contributed by atoms with van der Waals surface area (Å²) in [4.78, 5) is 21.4. The van der Waals surface area contributed by atoms with Gasteiger partial charge in [0.2, 0.25) is 0 Å². The molecular formula is C6H9NO4. The van der Waals surface area contributed by atoms with Crippen molar-refractivity contribution in [2.45, 2.75) is 6.42 Å². The first-order valence-corrected chi connectivity index (χ1v) is 3.23. The van der Waals surface area contributed by atoms with Gasteiger partial charge in [-0.05, 0) is 0 Å². The van der Waals surface area contributed by atoms with Crippen LogP contribution in [0, 0.1) is 5.92 Å². The zero-order chi connectivity index (χ0) is 8.43. The smallest absolute Gasteiger partial charge is 0.306 e. The Labute approximate surface area is 63.5 Å². The van der Waals surface area contributed by atoms with Crippen LogP contribution in [0.25, 0.3) is 0 Å². The van der Waals surface area contributed by atoms with E-state index in [4.69, 9.17) is 5.21 Å². The fourth-order valence-corrected chi connectivity index (χ4v) is 0.935. The van der Waals surface area contributed by atoms with Crippen LogP contribution in [0.2, 0.25) is 0 Å². The number of nitrogens with zero attached hydrogens (tertiary/aromatic N) is 1. The predicted octanol–water partition coefficient (Wildman–Crippen LogP) is -0.603. The minimum atomic E-state index is -0.502. The summed E-state index contributed by atoms with van der Waals surface area (Å²) in [6.07, 6.45) is 0.0731. The lowest BCUT2D eigenvalue weighted by atomic mass is 10.1. The molecule has 5 heteroatoms. The second-order valence-electron chi connectivity index (χ2n) is 2.45. The molecule has 0 aliphatic carbocycles. The van der Waals surface area contributed by atoms with Crippen molar-refractivity contribution in [3.05, 3.63) is 0 Å². The SMILES string of the molecule is CN(O)C(=O)C1COC(=O)C1. The van der Waals surface area contributed by atoms with Gasteiger partial charge in [0.25, 0.3) is 5.91 Å². The van der Waals surface area contributed by atoms with Gasteiger partial charge in [0, 0.05) is 7.05 Å². The van der Waals surface area contributed by atoms with E-state index in [1.807, 2.05) is 0 Å². The number of cyclic esters (lactones) is 1. The number of carbonyl (C=O) groups is 2. The van der Waals surface area contributed by atoms with Crippen LogP contribution in [0.5, 0.6) is 0 Å². The van der Waals surface area contributed by atoms with Gasteiger partial charge in [-0.2, -0.15) is 0 Å². The maximum Gasteiger partial charge on any atom is 0.306 e. The topological polar surface area (TPSA) is 66.8 Å². The van der Waals surface area contributed by atoms with Gasteiger partial charge in [-0.15, -0.1) is 0 Å². The molecule has 0 bridgehead atoms. The first kappa shape index (κ1) is 8.00. The van der Waals surface area contributed by atoms with Crippen molar-refractivity contribution < 1.29 is 19.5 Å². The van der Waals surface area contributed by atoms with Gasteiger partial charge < -0.3 is 4.74 Å². The number of carbonyl (C=O) groups excluding carboxylic acids is 2. The number of rotatable bonds is 1. The molecular weight excluding hydrogens is 150 g/mol. The molecule has 1 atom stereocenters. The Morgan fingerprint density at radius 2 is 2.45 bits per heavy atom. The summed E-state index contributed by atoms with van der Waals surface area (Å²) in [6, 6.07) is 0. The first-order valence-electron chi connectivity index (χ1n) is 3.23. The summed E-state index contributed by atoms with van der Waals surface area (Å²) in [5.41, 5.74) is 0. The molecule has 1 fully saturated rings. The minimum Gasteiger partial charge on any atom is -0.465 e. The molecule has 1 N–H and O–H groups in total. The first-order chi connectivity index (χ1) is 5.11. The highest BCUT2D eigenvalue weighted by atomic mass is 16.5. The lowest BCUT2D eigenvalue weighted by molar-refractivity contribution is -0.164. The third kappa shape index (κ3) is 1.68. The largest absolute Gasteiger partial charge is 0.465 e. The van der Waals surface area contributed by atoms with Crippen LogP contribution < -0.4 is 0 Å². The second kappa shape index (κ2) is 2.87. The molecule has 1 aliphatic rings. The molecule has 1 saturated heterocycles. The summed E-state index contributed by atoms with van der Waals surface area (Å²) in [7, 11) is 1.23. The number of hydrogen-bond donors (Lipinski definition) is 1. The number of hydroxylamine groups is 2. The fraction of sp³-hybridized carbons (Fsp3) is 0.667. The normalized spacial score (nSPS) is 23.1. The second-order valence-corrected chi connectivity index (χ2v) is 2.45. The molecule has 0 aromatic rings. The van der Waals surface area contributed by atoms with E-state index >= 15 is 0 Å². The molecule has 1 aliphatic heterocycles. The number of amides is 1. The van der Waals surface area contributed by atoms with Gasteiger partial charge >= 0.3 is 5.97 Å². The van der Waals surface area contributed by atoms with Gasteiger partial charge in [-0.25, -0.2) is 5.06 Å². The van der Waals surface area contributed by atoms with Crippen LogP contribution in [-0.4, -0.2) is 35.8 Å². The molecule has 0 aromatic heterocycles. The van der Waals surface area contributed by atoms with Crippen molar-refractivity contribution in [3.63, 3.8) is 0 Å². The number of hydrogen-bond acceptors (Lipinski definition) is 4. The summed E-state index contributed by atoms with van der Waals surface area (Å²) < 4.78 is 4.54. The lowest BCUT2D eigenvalue weighted by Gasteiger charge is -2.10. The van der Waals surface area contributed by atoms with Crippen LogP contribution in [0.15, 0.2) is 0 Å². The van der Waals surface area contributed by atoms with Crippen molar-refractivity contribution in [1.82, 2.24) is 5.06 Å². The third-order valence-electron chi connectivity index (χ3n) is 1.53. The van der Waals surface area contributed by atoms with E-state index < -0.39 is 11.8 Å². The quantitative estimate of drug-likeness (QED) is 0.315. The molecule has 62 valence electrons. The van der Waals surface area contributed by atoms with E-state index in [-0.39, 0.29) is 19.0 Å². The van der Waals surface area contributed by atoms with Gasteiger partial charge in [0.1, 0.15) is 6.61 Å². The van der Waals surface area contributed by atoms with Gasteiger partial charge in [0.05, 0.1) is 12.3 Å². The van der Waals surface area contributed by atoms with Crippen LogP contribution >= 0.6 is 0 Å². The summed E-state index contributed by atoms with van der Waals surface area (Å²) in [5.74, 6) is -1.36. The Morgan fingerprint density at radius 3 is 2.82 bits per heavy atom. The molecule has 1 unspecified atom stereocenters. The fourth-order valence-electron chi connectivity index (χ4n) is 0.935. The van der Waals surface area contributed by atoms with Crippen molar-refractivity contribution in [2.24, 2.45) is 5.92 Å². The lowest BCUT2D eigenvalue weighted by Crippen LogP contribution is -2.30. The highest BCUT2D eigenvalue weighted by Crippen LogP contribution is 2.15. The summed E-state index contributed by atoms with van der Waals surface area (Å²) >= 11 is 0. The summed E-state index contributed by atoms with van der Waals surface area (Å²) in [5, 5.41) is 9.16. The molecule has 1 amide bonds. The van der Waals surface area contributed by atoms with Crippen LogP contribution in [0.4, 0.5) is 0 Å².